The predicted molar refractivity (Wildman–Crippen MR) is 90.6 cm³/mol. The minimum absolute atomic E-state index is 0.403. The van der Waals surface area contributed by atoms with Gasteiger partial charge in [-0.3, -0.25) is 4.90 Å². The Hall–Kier alpha value is -1.86. The number of hydrogen-bond acceptors (Lipinski definition) is 4. The van der Waals surface area contributed by atoms with Crippen molar-refractivity contribution in [3.05, 3.63) is 57.8 Å². The number of rotatable bonds is 3. The first-order valence-electron chi connectivity index (χ1n) is 8.10. The third kappa shape index (κ3) is 3.43. The first kappa shape index (κ1) is 16.6. The largest absolute Gasteiger partial charge is 0.416 e. The molecule has 25 heavy (non-hydrogen) atoms. The second-order valence-corrected chi connectivity index (χ2v) is 7.44. The van der Waals surface area contributed by atoms with Crippen molar-refractivity contribution in [2.75, 3.05) is 13.1 Å². The van der Waals surface area contributed by atoms with Crippen LogP contribution in [0.3, 0.4) is 0 Å². The molecule has 2 aliphatic heterocycles. The first-order valence-corrected chi connectivity index (χ1v) is 9.04. The maximum absolute atomic E-state index is 12.9. The van der Waals surface area contributed by atoms with E-state index in [0.717, 1.165) is 38.2 Å². The van der Waals surface area contributed by atoms with Crippen LogP contribution in [0.1, 0.15) is 29.5 Å². The van der Waals surface area contributed by atoms with E-state index in [-0.39, 0.29) is 0 Å². The fraction of sp³-hybridized carbons (Fsp3) is 0.389. The molecule has 4 rings (SSSR count). The number of alkyl halides is 3. The summed E-state index contributed by atoms with van der Waals surface area (Å²) < 4.78 is 38.7. The lowest BCUT2D eigenvalue weighted by Gasteiger charge is -2.21. The summed E-state index contributed by atoms with van der Waals surface area (Å²) in [5, 5.41) is 8.31. The number of oxime groups is 1. The van der Waals surface area contributed by atoms with Crippen LogP contribution in [0.25, 0.3) is 0 Å². The van der Waals surface area contributed by atoms with E-state index in [0.29, 0.717) is 17.7 Å². The van der Waals surface area contributed by atoms with Crippen molar-refractivity contribution in [3.8, 4) is 0 Å². The summed E-state index contributed by atoms with van der Waals surface area (Å²) in [6.45, 7) is 2.52. The monoisotopic (exact) mass is 366 g/mol. The van der Waals surface area contributed by atoms with Gasteiger partial charge in [-0.15, -0.1) is 0 Å². The summed E-state index contributed by atoms with van der Waals surface area (Å²) in [7, 11) is 0. The predicted octanol–water partition coefficient (Wildman–Crippen LogP) is 4.54. The van der Waals surface area contributed by atoms with E-state index in [1.165, 1.54) is 11.6 Å². The zero-order chi connectivity index (χ0) is 17.5. The van der Waals surface area contributed by atoms with Crippen molar-refractivity contribution in [3.63, 3.8) is 0 Å². The molecule has 0 radical (unpaired) electrons. The van der Waals surface area contributed by atoms with E-state index in [4.69, 9.17) is 4.84 Å². The van der Waals surface area contributed by atoms with Crippen LogP contribution < -0.4 is 0 Å². The van der Waals surface area contributed by atoms with Gasteiger partial charge < -0.3 is 4.84 Å². The van der Waals surface area contributed by atoms with E-state index in [1.54, 1.807) is 17.4 Å². The van der Waals surface area contributed by atoms with Crippen LogP contribution in [0.5, 0.6) is 0 Å². The summed E-state index contributed by atoms with van der Waals surface area (Å²) in [5.74, 6) is 0. The number of nitrogens with zero attached hydrogens (tertiary/aromatic N) is 2. The molecule has 1 atom stereocenters. The second-order valence-electron chi connectivity index (χ2n) is 6.66. The zero-order valence-electron chi connectivity index (χ0n) is 13.4. The van der Waals surface area contributed by atoms with Crippen molar-refractivity contribution in [1.82, 2.24) is 4.90 Å². The highest BCUT2D eigenvalue weighted by Crippen LogP contribution is 2.37. The minimum Gasteiger partial charge on any atom is -0.387 e. The average molecular weight is 366 g/mol. The van der Waals surface area contributed by atoms with Crippen LogP contribution in [0.2, 0.25) is 0 Å². The highest BCUT2D eigenvalue weighted by atomic mass is 32.1. The number of likely N-dealkylation sites (tertiary alicyclic amines) is 1. The van der Waals surface area contributed by atoms with Gasteiger partial charge in [-0.25, -0.2) is 0 Å². The van der Waals surface area contributed by atoms with Crippen molar-refractivity contribution in [1.29, 1.82) is 0 Å². The van der Waals surface area contributed by atoms with Crippen LogP contribution >= 0.6 is 11.3 Å². The van der Waals surface area contributed by atoms with Gasteiger partial charge in [-0.1, -0.05) is 17.3 Å². The maximum atomic E-state index is 12.9. The molecule has 0 N–H and O–H groups in total. The molecule has 2 aromatic rings. The fourth-order valence-electron chi connectivity index (χ4n) is 3.47. The molecule has 1 aromatic carbocycles. The van der Waals surface area contributed by atoms with Gasteiger partial charge in [0.2, 0.25) is 0 Å². The summed E-state index contributed by atoms with van der Waals surface area (Å²) >= 11 is 1.68. The summed E-state index contributed by atoms with van der Waals surface area (Å²) in [4.78, 5) is 8.02. The summed E-state index contributed by atoms with van der Waals surface area (Å²) in [5.41, 5.74) is 1.31. The third-order valence-electron chi connectivity index (χ3n) is 4.74. The Morgan fingerprint density at radius 1 is 1.28 bits per heavy atom. The van der Waals surface area contributed by atoms with Crippen molar-refractivity contribution in [2.24, 2.45) is 5.16 Å². The molecule has 1 spiro atoms. The third-order valence-corrected chi connectivity index (χ3v) is 5.48. The number of hydrogen-bond donors (Lipinski definition) is 0. The Bertz CT molecular complexity index is 788. The second kappa shape index (κ2) is 6.14. The van der Waals surface area contributed by atoms with Gasteiger partial charge in [0, 0.05) is 38.0 Å². The molecule has 0 saturated carbocycles. The summed E-state index contributed by atoms with van der Waals surface area (Å²) in [6, 6.07) is 7.42. The maximum Gasteiger partial charge on any atom is 0.416 e. The standard InChI is InChI=1S/C18H17F3N2OS/c19-18(20,21)15-3-1-2-14(8-15)16-9-17(24-22-16)5-6-23(12-17)10-13-4-7-25-11-13/h1-4,7-8,11H,5-6,9-10,12H2. The number of benzene rings is 1. The van der Waals surface area contributed by atoms with Crippen LogP contribution in [0, 0.1) is 0 Å². The van der Waals surface area contributed by atoms with Gasteiger partial charge in [-0.2, -0.15) is 24.5 Å². The normalized spacial score (nSPS) is 23.9. The smallest absolute Gasteiger partial charge is 0.387 e. The van der Waals surface area contributed by atoms with Crippen molar-refractivity contribution in [2.45, 2.75) is 31.2 Å². The molecule has 0 aliphatic carbocycles. The molecule has 132 valence electrons. The van der Waals surface area contributed by atoms with Crippen molar-refractivity contribution < 1.29 is 18.0 Å². The minimum atomic E-state index is -4.35. The van der Waals surface area contributed by atoms with E-state index >= 15 is 0 Å². The van der Waals surface area contributed by atoms with Gasteiger partial charge in [-0.05, 0) is 34.5 Å². The molecule has 3 nitrogen and oxygen atoms in total. The Morgan fingerprint density at radius 2 is 2.16 bits per heavy atom. The van der Waals surface area contributed by atoms with Crippen molar-refractivity contribution >= 4 is 17.0 Å². The summed E-state index contributed by atoms with van der Waals surface area (Å²) in [6.07, 6.45) is -2.96. The highest BCUT2D eigenvalue weighted by molar-refractivity contribution is 7.07. The SMILES string of the molecule is FC(F)(F)c1cccc(C2=NOC3(CCN(Cc4ccsc4)C3)C2)c1. The van der Waals surface area contributed by atoms with E-state index < -0.39 is 17.3 Å². The van der Waals surface area contributed by atoms with E-state index in [2.05, 4.69) is 26.9 Å². The number of thiophene rings is 1. The molecule has 2 aliphatic rings. The first-order chi connectivity index (χ1) is 11.9. The lowest BCUT2D eigenvalue weighted by atomic mass is 9.93. The van der Waals surface area contributed by atoms with E-state index in [1.807, 2.05) is 0 Å². The van der Waals surface area contributed by atoms with Gasteiger partial charge in [0.05, 0.1) is 11.3 Å². The molecular formula is C18H17F3N2OS. The molecule has 7 heteroatoms. The molecule has 1 saturated heterocycles. The fourth-order valence-corrected chi connectivity index (χ4v) is 4.13. The lowest BCUT2D eigenvalue weighted by molar-refractivity contribution is -0.137. The quantitative estimate of drug-likeness (QED) is 0.797. The van der Waals surface area contributed by atoms with Crippen LogP contribution in [0.4, 0.5) is 13.2 Å². The average Bonchev–Trinajstić information content (AvgIpc) is 3.31. The van der Waals surface area contributed by atoms with Gasteiger partial charge in [0.25, 0.3) is 0 Å². The molecule has 3 heterocycles. The Morgan fingerprint density at radius 3 is 2.92 bits per heavy atom. The van der Waals surface area contributed by atoms with Crippen LogP contribution in [0.15, 0.2) is 46.2 Å². The Labute approximate surface area is 147 Å². The zero-order valence-corrected chi connectivity index (χ0v) is 14.2. The number of halogens is 3. The van der Waals surface area contributed by atoms with Gasteiger partial charge >= 0.3 is 6.18 Å². The van der Waals surface area contributed by atoms with Crippen LogP contribution in [-0.2, 0) is 17.6 Å². The molecule has 1 aromatic heterocycles. The Balaban J connectivity index is 1.45. The van der Waals surface area contributed by atoms with Gasteiger partial charge in [0.1, 0.15) is 0 Å². The molecule has 0 bridgehead atoms. The molecule has 0 amide bonds. The van der Waals surface area contributed by atoms with Gasteiger partial charge in [0.15, 0.2) is 5.60 Å². The van der Waals surface area contributed by atoms with E-state index in [9.17, 15) is 13.2 Å². The Kier molecular flexibility index (Phi) is 4.08. The topological polar surface area (TPSA) is 24.8 Å². The highest BCUT2D eigenvalue weighted by Gasteiger charge is 2.45. The molecule has 1 unspecified atom stereocenters. The molecular weight excluding hydrogens is 349 g/mol. The molecule has 1 fully saturated rings. The van der Waals surface area contributed by atoms with Crippen LogP contribution in [-0.4, -0.2) is 29.3 Å². The lowest BCUT2D eigenvalue weighted by Crippen LogP contribution is -2.33.